The van der Waals surface area contributed by atoms with Crippen molar-refractivity contribution in [3.63, 3.8) is 0 Å². The number of nitrogens with one attached hydrogen (secondary N) is 2. The minimum atomic E-state index is -4.52. The number of alkyl halides is 3. The van der Waals surface area contributed by atoms with Crippen molar-refractivity contribution >= 4 is 16.8 Å². The van der Waals surface area contributed by atoms with Crippen LogP contribution in [0.4, 0.5) is 17.6 Å². The van der Waals surface area contributed by atoms with Gasteiger partial charge in [0.15, 0.2) is 0 Å². The molecule has 2 aromatic rings. The van der Waals surface area contributed by atoms with E-state index in [1.54, 1.807) is 12.1 Å². The highest BCUT2D eigenvalue weighted by Crippen LogP contribution is 2.57. The molecule has 0 aliphatic heterocycles. The van der Waals surface area contributed by atoms with E-state index in [-0.39, 0.29) is 31.1 Å². The number of aromatic amines is 1. The van der Waals surface area contributed by atoms with Crippen molar-refractivity contribution in [1.29, 1.82) is 0 Å². The predicted octanol–water partition coefficient (Wildman–Crippen LogP) is 4.39. The molecule has 1 amide bonds. The van der Waals surface area contributed by atoms with Crippen LogP contribution < -0.4 is 5.32 Å². The highest BCUT2D eigenvalue weighted by Gasteiger charge is 2.68. The van der Waals surface area contributed by atoms with Crippen LogP contribution in [-0.2, 0) is 11.3 Å². The maximum Gasteiger partial charge on any atom is 0.403 e. The number of H-pyrrole nitrogens is 1. The SMILES string of the molecule is CC(C)c1cc2[nH]c(CNC(=O)C3(C(F)(F)F)CC3)cc2cc1F. The lowest BCUT2D eigenvalue weighted by molar-refractivity contribution is -0.192. The Labute approximate surface area is 136 Å². The fraction of sp³-hybridized carbons (Fsp3) is 0.471. The molecule has 24 heavy (non-hydrogen) atoms. The summed E-state index contributed by atoms with van der Waals surface area (Å²) in [5.74, 6) is -1.30. The Morgan fingerprint density at radius 1 is 1.29 bits per heavy atom. The van der Waals surface area contributed by atoms with Gasteiger partial charge in [0.1, 0.15) is 11.2 Å². The second-order valence-corrected chi connectivity index (χ2v) is 6.67. The van der Waals surface area contributed by atoms with E-state index in [4.69, 9.17) is 0 Å². The first-order valence-electron chi connectivity index (χ1n) is 7.80. The van der Waals surface area contributed by atoms with Crippen molar-refractivity contribution < 1.29 is 22.4 Å². The maximum atomic E-state index is 14.0. The number of hydrogen-bond donors (Lipinski definition) is 2. The lowest BCUT2D eigenvalue weighted by Crippen LogP contribution is -2.40. The summed E-state index contributed by atoms with van der Waals surface area (Å²) in [6.07, 6.45) is -4.86. The van der Waals surface area contributed by atoms with E-state index in [9.17, 15) is 22.4 Å². The molecule has 1 saturated carbocycles. The van der Waals surface area contributed by atoms with Gasteiger partial charge >= 0.3 is 6.18 Å². The molecule has 1 aliphatic rings. The van der Waals surface area contributed by atoms with Crippen LogP contribution in [0.2, 0.25) is 0 Å². The van der Waals surface area contributed by atoms with Crippen molar-refractivity contribution in [1.82, 2.24) is 10.3 Å². The first-order valence-corrected chi connectivity index (χ1v) is 7.80. The topological polar surface area (TPSA) is 44.9 Å². The van der Waals surface area contributed by atoms with E-state index >= 15 is 0 Å². The molecule has 1 aliphatic carbocycles. The van der Waals surface area contributed by atoms with Crippen molar-refractivity contribution in [2.45, 2.75) is 45.3 Å². The molecule has 2 N–H and O–H groups in total. The van der Waals surface area contributed by atoms with Gasteiger partial charge in [-0.05, 0) is 42.5 Å². The van der Waals surface area contributed by atoms with Gasteiger partial charge in [-0.3, -0.25) is 4.79 Å². The van der Waals surface area contributed by atoms with Crippen LogP contribution in [0.15, 0.2) is 18.2 Å². The Morgan fingerprint density at radius 3 is 2.50 bits per heavy atom. The summed E-state index contributed by atoms with van der Waals surface area (Å²) in [7, 11) is 0. The molecule has 0 atom stereocenters. The summed E-state index contributed by atoms with van der Waals surface area (Å²) >= 11 is 0. The lowest BCUT2D eigenvalue weighted by atomic mass is 10.0. The number of halogens is 4. The third-order valence-corrected chi connectivity index (χ3v) is 4.58. The smallest absolute Gasteiger partial charge is 0.357 e. The van der Waals surface area contributed by atoms with Crippen molar-refractivity contribution in [2.24, 2.45) is 5.41 Å². The van der Waals surface area contributed by atoms with Gasteiger partial charge in [0, 0.05) is 16.6 Å². The van der Waals surface area contributed by atoms with Crippen LogP contribution in [-0.4, -0.2) is 17.1 Å². The van der Waals surface area contributed by atoms with E-state index in [1.807, 2.05) is 13.8 Å². The molecule has 1 heterocycles. The van der Waals surface area contributed by atoms with Gasteiger partial charge in [-0.25, -0.2) is 4.39 Å². The molecule has 1 fully saturated rings. The molecule has 0 saturated heterocycles. The molecular weight excluding hydrogens is 324 g/mol. The fourth-order valence-corrected chi connectivity index (χ4v) is 2.88. The van der Waals surface area contributed by atoms with Gasteiger partial charge in [0.05, 0.1) is 6.54 Å². The minimum Gasteiger partial charge on any atom is -0.357 e. The van der Waals surface area contributed by atoms with Gasteiger partial charge in [0.25, 0.3) is 0 Å². The average Bonchev–Trinajstić information content (AvgIpc) is 3.20. The van der Waals surface area contributed by atoms with Gasteiger partial charge < -0.3 is 10.3 Å². The summed E-state index contributed by atoms with van der Waals surface area (Å²) in [4.78, 5) is 14.9. The number of rotatable bonds is 4. The zero-order valence-corrected chi connectivity index (χ0v) is 13.4. The number of benzene rings is 1. The molecular formula is C17H18F4N2O. The zero-order valence-electron chi connectivity index (χ0n) is 13.4. The average molecular weight is 342 g/mol. The number of amides is 1. The van der Waals surface area contributed by atoms with Crippen LogP contribution in [0.25, 0.3) is 10.9 Å². The van der Waals surface area contributed by atoms with Crippen LogP contribution in [0.5, 0.6) is 0 Å². The third-order valence-electron chi connectivity index (χ3n) is 4.58. The quantitative estimate of drug-likeness (QED) is 0.796. The molecule has 0 unspecified atom stereocenters. The van der Waals surface area contributed by atoms with Gasteiger partial charge in [-0.2, -0.15) is 13.2 Å². The predicted molar refractivity (Wildman–Crippen MR) is 81.9 cm³/mol. The Kier molecular flexibility index (Phi) is 3.85. The summed E-state index contributed by atoms with van der Waals surface area (Å²) in [6, 6.07) is 4.72. The van der Waals surface area contributed by atoms with Crippen molar-refractivity contribution in [2.75, 3.05) is 0 Å². The van der Waals surface area contributed by atoms with E-state index in [1.165, 1.54) is 6.07 Å². The van der Waals surface area contributed by atoms with Crippen molar-refractivity contribution in [3.8, 4) is 0 Å². The van der Waals surface area contributed by atoms with Gasteiger partial charge in [0.2, 0.25) is 5.91 Å². The molecule has 3 rings (SSSR count). The Hall–Kier alpha value is -2.05. The monoisotopic (exact) mass is 342 g/mol. The largest absolute Gasteiger partial charge is 0.403 e. The summed E-state index contributed by atoms with van der Waals surface area (Å²) in [6.45, 7) is 3.70. The van der Waals surface area contributed by atoms with Crippen LogP contribution >= 0.6 is 0 Å². The second-order valence-electron chi connectivity index (χ2n) is 6.67. The van der Waals surface area contributed by atoms with E-state index in [2.05, 4.69) is 10.3 Å². The standard InChI is InChI=1S/C17H18F4N2O/c1-9(2)12-7-14-10(6-13(12)18)5-11(23-14)8-22-15(24)16(3-4-16)17(19,20)21/h5-7,9,23H,3-4,8H2,1-2H3,(H,22,24). The van der Waals surface area contributed by atoms with E-state index in [0.29, 0.717) is 22.2 Å². The molecule has 7 heteroatoms. The normalized spacial score (nSPS) is 16.6. The summed E-state index contributed by atoms with van der Waals surface area (Å²) in [5, 5.41) is 2.96. The lowest BCUT2D eigenvalue weighted by Gasteiger charge is -2.18. The fourth-order valence-electron chi connectivity index (χ4n) is 2.88. The first-order chi connectivity index (χ1) is 11.1. The van der Waals surface area contributed by atoms with Crippen molar-refractivity contribution in [3.05, 3.63) is 35.3 Å². The summed E-state index contributed by atoms with van der Waals surface area (Å²) in [5.41, 5.74) is -0.428. The van der Waals surface area contributed by atoms with Crippen LogP contribution in [0.1, 0.15) is 43.9 Å². The summed E-state index contributed by atoms with van der Waals surface area (Å²) < 4.78 is 52.7. The molecule has 130 valence electrons. The number of fused-ring (bicyclic) bond motifs is 1. The Bertz CT molecular complexity index is 788. The number of carbonyl (C=O) groups excluding carboxylic acids is 1. The van der Waals surface area contributed by atoms with Crippen LogP contribution in [0, 0.1) is 11.2 Å². The maximum absolute atomic E-state index is 14.0. The first kappa shape index (κ1) is 16.8. The van der Waals surface area contributed by atoms with Gasteiger partial charge in [-0.15, -0.1) is 0 Å². The third kappa shape index (κ3) is 2.76. The molecule has 0 bridgehead atoms. The minimum absolute atomic E-state index is 0.0161. The molecule has 1 aromatic heterocycles. The number of carbonyl (C=O) groups is 1. The van der Waals surface area contributed by atoms with E-state index in [0.717, 1.165) is 0 Å². The number of aromatic nitrogens is 1. The van der Waals surface area contributed by atoms with Crippen LogP contribution in [0.3, 0.4) is 0 Å². The molecule has 0 radical (unpaired) electrons. The highest BCUT2D eigenvalue weighted by molar-refractivity contribution is 5.86. The Balaban J connectivity index is 1.76. The Morgan fingerprint density at radius 2 is 1.96 bits per heavy atom. The molecule has 0 spiro atoms. The zero-order chi connectivity index (χ0) is 17.7. The number of hydrogen-bond acceptors (Lipinski definition) is 1. The second kappa shape index (κ2) is 5.50. The van der Waals surface area contributed by atoms with E-state index < -0.39 is 17.5 Å². The molecule has 1 aromatic carbocycles. The van der Waals surface area contributed by atoms with Gasteiger partial charge in [-0.1, -0.05) is 13.8 Å². The molecule has 3 nitrogen and oxygen atoms in total. The highest BCUT2D eigenvalue weighted by atomic mass is 19.4.